The highest BCUT2D eigenvalue weighted by Crippen LogP contribution is 2.12. The van der Waals surface area contributed by atoms with Crippen LogP contribution in [0.25, 0.3) is 0 Å². The van der Waals surface area contributed by atoms with E-state index in [1.165, 1.54) is 0 Å². The molecule has 0 aliphatic rings. The summed E-state index contributed by atoms with van der Waals surface area (Å²) in [6.07, 6.45) is 2.73. The molecule has 0 aliphatic carbocycles. The van der Waals surface area contributed by atoms with Crippen LogP contribution >= 0.6 is 0 Å². The average Bonchev–Trinajstić information content (AvgIpc) is 2.31. The summed E-state index contributed by atoms with van der Waals surface area (Å²) in [6, 6.07) is 0. The molecule has 0 atom stereocenters. The van der Waals surface area contributed by atoms with Crippen LogP contribution in [-0.4, -0.2) is 16.8 Å². The Balaban J connectivity index is 2.49. The fraction of sp³-hybridized carbons (Fsp3) is 0.571. The van der Waals surface area contributed by atoms with Crippen molar-refractivity contribution in [1.29, 1.82) is 0 Å². The van der Waals surface area contributed by atoms with Crippen LogP contribution < -0.4 is 4.74 Å². The van der Waals surface area contributed by atoms with Crippen LogP contribution in [0.1, 0.15) is 19.0 Å². The predicted octanol–water partition coefficient (Wildman–Crippen LogP) is 1.51. The van der Waals surface area contributed by atoms with Crippen LogP contribution in [0.5, 0.6) is 5.75 Å². The van der Waals surface area contributed by atoms with Gasteiger partial charge in [0, 0.05) is 0 Å². The first-order valence-corrected chi connectivity index (χ1v) is 3.47. The van der Waals surface area contributed by atoms with E-state index in [0.717, 1.165) is 24.5 Å². The maximum absolute atomic E-state index is 5.33. The number of aryl methyl sites for hydroxylation is 1. The SMILES string of the molecule is CCCOc1cn[nH]c1C. The summed E-state index contributed by atoms with van der Waals surface area (Å²) in [5.74, 6) is 0.863. The smallest absolute Gasteiger partial charge is 0.159 e. The highest BCUT2D eigenvalue weighted by Gasteiger charge is 1.97. The van der Waals surface area contributed by atoms with Crippen LogP contribution in [0, 0.1) is 6.92 Å². The topological polar surface area (TPSA) is 37.9 Å². The second-order valence-electron chi connectivity index (χ2n) is 2.21. The van der Waals surface area contributed by atoms with Crippen molar-refractivity contribution in [1.82, 2.24) is 10.2 Å². The molecular formula is C7H12N2O. The van der Waals surface area contributed by atoms with Gasteiger partial charge in [-0.25, -0.2) is 0 Å². The van der Waals surface area contributed by atoms with E-state index >= 15 is 0 Å². The van der Waals surface area contributed by atoms with Crippen molar-refractivity contribution in [2.75, 3.05) is 6.61 Å². The van der Waals surface area contributed by atoms with Crippen molar-refractivity contribution < 1.29 is 4.74 Å². The largest absolute Gasteiger partial charge is 0.490 e. The molecule has 0 bridgehead atoms. The third-order valence-electron chi connectivity index (χ3n) is 1.25. The van der Waals surface area contributed by atoms with Crippen molar-refractivity contribution >= 4 is 0 Å². The molecule has 1 aromatic heterocycles. The lowest BCUT2D eigenvalue weighted by molar-refractivity contribution is 0.315. The number of hydrogen-bond donors (Lipinski definition) is 1. The van der Waals surface area contributed by atoms with Crippen molar-refractivity contribution in [3.63, 3.8) is 0 Å². The van der Waals surface area contributed by atoms with Gasteiger partial charge in [-0.3, -0.25) is 5.10 Å². The lowest BCUT2D eigenvalue weighted by atomic mass is 10.4. The maximum Gasteiger partial charge on any atom is 0.159 e. The van der Waals surface area contributed by atoms with Gasteiger partial charge < -0.3 is 4.74 Å². The highest BCUT2D eigenvalue weighted by atomic mass is 16.5. The Bertz CT molecular complexity index is 195. The monoisotopic (exact) mass is 140 g/mol. The minimum Gasteiger partial charge on any atom is -0.490 e. The number of ether oxygens (including phenoxy) is 1. The van der Waals surface area contributed by atoms with E-state index in [1.807, 2.05) is 6.92 Å². The van der Waals surface area contributed by atoms with Crippen LogP contribution in [0.4, 0.5) is 0 Å². The number of nitrogens with one attached hydrogen (secondary N) is 1. The lowest BCUT2D eigenvalue weighted by Gasteiger charge is -1.99. The number of hydrogen-bond acceptors (Lipinski definition) is 2. The van der Waals surface area contributed by atoms with Crippen LogP contribution in [0.3, 0.4) is 0 Å². The number of H-pyrrole nitrogens is 1. The standard InChI is InChI=1S/C7H12N2O/c1-3-4-10-7-5-8-9-6(7)2/h5H,3-4H2,1-2H3,(H,8,9). The third-order valence-corrected chi connectivity index (χ3v) is 1.25. The first-order chi connectivity index (χ1) is 4.84. The molecule has 0 aliphatic heterocycles. The van der Waals surface area contributed by atoms with Gasteiger partial charge in [0.15, 0.2) is 5.75 Å². The van der Waals surface area contributed by atoms with Gasteiger partial charge in [0.1, 0.15) is 0 Å². The van der Waals surface area contributed by atoms with E-state index in [0.29, 0.717) is 0 Å². The van der Waals surface area contributed by atoms with Gasteiger partial charge in [-0.1, -0.05) is 6.92 Å². The van der Waals surface area contributed by atoms with E-state index in [9.17, 15) is 0 Å². The minimum absolute atomic E-state index is 0.764. The fourth-order valence-corrected chi connectivity index (χ4v) is 0.697. The molecule has 0 spiro atoms. The van der Waals surface area contributed by atoms with Crippen molar-refractivity contribution in [3.8, 4) is 5.75 Å². The third kappa shape index (κ3) is 1.50. The van der Waals surface area contributed by atoms with Crippen LogP contribution in [-0.2, 0) is 0 Å². The minimum atomic E-state index is 0.764. The second-order valence-corrected chi connectivity index (χ2v) is 2.21. The number of rotatable bonds is 3. The molecule has 0 amide bonds. The number of aromatic nitrogens is 2. The summed E-state index contributed by atoms with van der Waals surface area (Å²) in [4.78, 5) is 0. The van der Waals surface area contributed by atoms with Gasteiger partial charge in [0.25, 0.3) is 0 Å². The predicted molar refractivity (Wildman–Crippen MR) is 39.1 cm³/mol. The average molecular weight is 140 g/mol. The molecule has 3 heteroatoms. The van der Waals surface area contributed by atoms with Crippen LogP contribution in [0.2, 0.25) is 0 Å². The maximum atomic E-state index is 5.33. The van der Waals surface area contributed by atoms with Gasteiger partial charge in [0.05, 0.1) is 18.5 Å². The van der Waals surface area contributed by atoms with Gasteiger partial charge >= 0.3 is 0 Å². The molecular weight excluding hydrogens is 128 g/mol. The molecule has 1 heterocycles. The van der Waals surface area contributed by atoms with E-state index in [1.54, 1.807) is 6.20 Å². The Kier molecular flexibility index (Phi) is 2.31. The zero-order valence-corrected chi connectivity index (χ0v) is 6.35. The summed E-state index contributed by atoms with van der Waals surface area (Å²) >= 11 is 0. The highest BCUT2D eigenvalue weighted by molar-refractivity contribution is 5.21. The molecule has 1 rings (SSSR count). The zero-order chi connectivity index (χ0) is 7.40. The quantitative estimate of drug-likeness (QED) is 0.691. The molecule has 0 saturated carbocycles. The second kappa shape index (κ2) is 3.25. The van der Waals surface area contributed by atoms with Crippen molar-refractivity contribution in [2.45, 2.75) is 20.3 Å². The molecule has 0 fully saturated rings. The molecule has 3 nitrogen and oxygen atoms in total. The van der Waals surface area contributed by atoms with E-state index in [2.05, 4.69) is 17.1 Å². The van der Waals surface area contributed by atoms with Gasteiger partial charge in [-0.15, -0.1) is 0 Å². The molecule has 0 aromatic carbocycles. The molecule has 0 radical (unpaired) electrons. The van der Waals surface area contributed by atoms with Crippen molar-refractivity contribution in [3.05, 3.63) is 11.9 Å². The summed E-state index contributed by atoms with van der Waals surface area (Å²) in [6.45, 7) is 4.79. The van der Waals surface area contributed by atoms with Crippen molar-refractivity contribution in [2.24, 2.45) is 0 Å². The molecule has 1 N–H and O–H groups in total. The summed E-state index contributed by atoms with van der Waals surface area (Å²) in [7, 11) is 0. The first kappa shape index (κ1) is 7.12. The molecule has 56 valence electrons. The Morgan fingerprint density at radius 2 is 2.50 bits per heavy atom. The fourth-order valence-electron chi connectivity index (χ4n) is 0.697. The van der Waals surface area contributed by atoms with Gasteiger partial charge in [-0.05, 0) is 13.3 Å². The Morgan fingerprint density at radius 1 is 1.70 bits per heavy atom. The zero-order valence-electron chi connectivity index (χ0n) is 6.35. The van der Waals surface area contributed by atoms with Crippen LogP contribution in [0.15, 0.2) is 6.20 Å². The Hall–Kier alpha value is -0.990. The first-order valence-electron chi connectivity index (χ1n) is 3.47. The van der Waals surface area contributed by atoms with Gasteiger partial charge in [-0.2, -0.15) is 5.10 Å². The molecule has 1 aromatic rings. The summed E-state index contributed by atoms with van der Waals surface area (Å²) < 4.78 is 5.33. The van der Waals surface area contributed by atoms with E-state index < -0.39 is 0 Å². The normalized spacial score (nSPS) is 9.80. The Labute approximate surface area is 60.4 Å². The Morgan fingerprint density at radius 3 is 3.00 bits per heavy atom. The molecule has 0 saturated heterocycles. The number of nitrogens with zero attached hydrogens (tertiary/aromatic N) is 1. The number of aromatic amines is 1. The lowest BCUT2D eigenvalue weighted by Crippen LogP contribution is -1.94. The summed E-state index contributed by atoms with van der Waals surface area (Å²) in [5, 5.41) is 6.63. The summed E-state index contributed by atoms with van der Waals surface area (Å²) in [5.41, 5.74) is 0.994. The molecule has 10 heavy (non-hydrogen) atoms. The van der Waals surface area contributed by atoms with E-state index in [-0.39, 0.29) is 0 Å². The van der Waals surface area contributed by atoms with Gasteiger partial charge in [0.2, 0.25) is 0 Å². The van der Waals surface area contributed by atoms with E-state index in [4.69, 9.17) is 4.74 Å². The molecule has 0 unspecified atom stereocenters.